The van der Waals surface area contributed by atoms with Gasteiger partial charge in [-0.15, -0.1) is 0 Å². The number of carbonyl (C=O) groups is 2. The molecule has 1 aromatic heterocycles. The maximum absolute atomic E-state index is 12.5. The van der Waals surface area contributed by atoms with Gasteiger partial charge in [-0.25, -0.2) is 4.98 Å². The summed E-state index contributed by atoms with van der Waals surface area (Å²) in [5, 5.41) is 6.25. The van der Waals surface area contributed by atoms with Gasteiger partial charge in [-0.3, -0.25) is 9.59 Å². The predicted octanol–water partition coefficient (Wildman–Crippen LogP) is 4.16. The number of benzene rings is 2. The van der Waals surface area contributed by atoms with Crippen LogP contribution in [0.25, 0.3) is 0 Å². The Morgan fingerprint density at radius 2 is 1.54 bits per heavy atom. The fourth-order valence-electron chi connectivity index (χ4n) is 2.40. The molecule has 7 heteroatoms. The quantitative estimate of drug-likeness (QED) is 0.524. The minimum atomic E-state index is -0.221. The van der Waals surface area contributed by atoms with Crippen LogP contribution in [0.2, 0.25) is 0 Å². The highest BCUT2D eigenvalue weighted by Crippen LogP contribution is 2.29. The molecule has 5 nitrogen and oxygen atoms in total. The second-order valence-electron chi connectivity index (χ2n) is 5.79. The van der Waals surface area contributed by atoms with E-state index in [1.165, 1.54) is 11.8 Å². The van der Waals surface area contributed by atoms with Crippen LogP contribution in [0.1, 0.15) is 20.7 Å². The molecule has 0 atom stereocenters. The van der Waals surface area contributed by atoms with Crippen molar-refractivity contribution in [3.8, 4) is 0 Å². The first kappa shape index (κ1) is 20.1. The van der Waals surface area contributed by atoms with Gasteiger partial charge in [0.25, 0.3) is 11.8 Å². The minimum Gasteiger partial charge on any atom is -0.350 e. The van der Waals surface area contributed by atoms with E-state index in [9.17, 15) is 9.59 Å². The van der Waals surface area contributed by atoms with E-state index in [2.05, 4.69) is 31.5 Å². The molecule has 0 spiro atoms. The lowest BCUT2D eigenvalue weighted by atomic mass is 10.2. The number of pyridine rings is 1. The highest BCUT2D eigenvalue weighted by molar-refractivity contribution is 9.10. The fourth-order valence-corrected chi connectivity index (χ4v) is 3.54. The standard InChI is InChI=1S/C21H18BrN3O2S/c22-16-8-10-17(11-9-16)28-21-18(7-4-12-25-21)20(27)24-14-13-23-19(26)15-5-2-1-3-6-15/h1-12H,13-14H2,(H,23,26)(H,24,27). The van der Waals surface area contributed by atoms with Crippen LogP contribution < -0.4 is 10.6 Å². The van der Waals surface area contributed by atoms with E-state index in [1.807, 2.05) is 42.5 Å². The number of aromatic nitrogens is 1. The van der Waals surface area contributed by atoms with Crippen LogP contribution in [0, 0.1) is 0 Å². The SMILES string of the molecule is O=C(NCCNC(=O)c1cccnc1Sc1ccc(Br)cc1)c1ccccc1. The molecular weight excluding hydrogens is 438 g/mol. The number of hydrogen-bond acceptors (Lipinski definition) is 4. The molecule has 0 saturated heterocycles. The van der Waals surface area contributed by atoms with Crippen LogP contribution in [-0.2, 0) is 0 Å². The maximum atomic E-state index is 12.5. The number of carbonyl (C=O) groups excluding carboxylic acids is 2. The Labute approximate surface area is 176 Å². The van der Waals surface area contributed by atoms with Crippen LogP contribution in [0.4, 0.5) is 0 Å². The van der Waals surface area contributed by atoms with E-state index in [1.54, 1.807) is 30.5 Å². The van der Waals surface area contributed by atoms with Crippen LogP contribution >= 0.6 is 27.7 Å². The van der Waals surface area contributed by atoms with Gasteiger partial charge < -0.3 is 10.6 Å². The normalized spacial score (nSPS) is 10.3. The summed E-state index contributed by atoms with van der Waals surface area (Å²) in [4.78, 5) is 29.9. The monoisotopic (exact) mass is 455 g/mol. The van der Waals surface area contributed by atoms with Gasteiger partial charge in [0, 0.05) is 34.2 Å². The molecule has 142 valence electrons. The Hall–Kier alpha value is -2.64. The summed E-state index contributed by atoms with van der Waals surface area (Å²) >= 11 is 4.84. The summed E-state index contributed by atoms with van der Waals surface area (Å²) < 4.78 is 0.994. The van der Waals surface area contributed by atoms with Crippen molar-refractivity contribution in [2.75, 3.05) is 13.1 Å². The molecule has 3 aromatic rings. The van der Waals surface area contributed by atoms with Gasteiger partial charge in [-0.1, -0.05) is 45.9 Å². The van der Waals surface area contributed by atoms with E-state index in [4.69, 9.17) is 0 Å². The molecule has 0 aliphatic carbocycles. The Kier molecular flexibility index (Phi) is 7.22. The third-order valence-corrected chi connectivity index (χ3v) is 5.33. The van der Waals surface area contributed by atoms with Crippen molar-refractivity contribution < 1.29 is 9.59 Å². The van der Waals surface area contributed by atoms with Crippen molar-refractivity contribution in [3.63, 3.8) is 0 Å². The zero-order valence-corrected chi connectivity index (χ0v) is 17.3. The van der Waals surface area contributed by atoms with E-state index in [0.29, 0.717) is 29.2 Å². The summed E-state index contributed by atoms with van der Waals surface area (Å²) in [5.41, 5.74) is 1.10. The number of rotatable bonds is 7. The molecule has 0 bridgehead atoms. The van der Waals surface area contributed by atoms with E-state index in [-0.39, 0.29) is 11.8 Å². The van der Waals surface area contributed by atoms with E-state index in [0.717, 1.165) is 9.37 Å². The summed E-state index contributed by atoms with van der Waals surface area (Å²) in [6.07, 6.45) is 1.66. The second kappa shape index (κ2) is 10.1. The molecule has 3 rings (SSSR count). The molecular formula is C21H18BrN3O2S. The molecule has 0 saturated carbocycles. The van der Waals surface area contributed by atoms with Crippen LogP contribution in [-0.4, -0.2) is 29.9 Å². The highest BCUT2D eigenvalue weighted by atomic mass is 79.9. The summed E-state index contributed by atoms with van der Waals surface area (Å²) in [7, 11) is 0. The molecule has 1 heterocycles. The van der Waals surface area contributed by atoms with Crippen molar-refractivity contribution in [2.45, 2.75) is 9.92 Å². The van der Waals surface area contributed by atoms with Crippen molar-refractivity contribution in [1.82, 2.24) is 15.6 Å². The topological polar surface area (TPSA) is 71.1 Å². The first-order valence-corrected chi connectivity index (χ1v) is 10.2. The highest BCUT2D eigenvalue weighted by Gasteiger charge is 2.13. The average molecular weight is 456 g/mol. The lowest BCUT2D eigenvalue weighted by Crippen LogP contribution is -2.34. The van der Waals surface area contributed by atoms with Gasteiger partial charge in [0.2, 0.25) is 0 Å². The van der Waals surface area contributed by atoms with Crippen molar-refractivity contribution >= 4 is 39.5 Å². The van der Waals surface area contributed by atoms with Gasteiger partial charge in [0.15, 0.2) is 0 Å². The van der Waals surface area contributed by atoms with Gasteiger partial charge >= 0.3 is 0 Å². The number of hydrogen-bond donors (Lipinski definition) is 2. The van der Waals surface area contributed by atoms with Gasteiger partial charge in [0.05, 0.1) is 5.56 Å². The third-order valence-electron chi connectivity index (χ3n) is 3.78. The second-order valence-corrected chi connectivity index (χ2v) is 7.77. The number of amides is 2. The fraction of sp³-hybridized carbons (Fsp3) is 0.0952. The Morgan fingerprint density at radius 3 is 2.25 bits per heavy atom. The molecule has 0 fully saturated rings. The van der Waals surface area contributed by atoms with Gasteiger partial charge in [-0.2, -0.15) is 0 Å². The zero-order chi connectivity index (χ0) is 19.8. The third kappa shape index (κ3) is 5.68. The molecule has 2 amide bonds. The Balaban J connectivity index is 1.54. The molecule has 0 unspecified atom stereocenters. The Bertz CT molecular complexity index is 949. The largest absolute Gasteiger partial charge is 0.350 e. The zero-order valence-electron chi connectivity index (χ0n) is 14.9. The molecule has 0 aliphatic heterocycles. The summed E-state index contributed by atoms with van der Waals surface area (Å²) in [6.45, 7) is 0.670. The summed E-state index contributed by atoms with van der Waals surface area (Å²) in [5.74, 6) is -0.385. The smallest absolute Gasteiger partial charge is 0.254 e. The molecule has 28 heavy (non-hydrogen) atoms. The van der Waals surface area contributed by atoms with Crippen molar-refractivity contribution in [1.29, 1.82) is 0 Å². The van der Waals surface area contributed by atoms with Crippen LogP contribution in [0.3, 0.4) is 0 Å². The minimum absolute atomic E-state index is 0.164. The maximum Gasteiger partial charge on any atom is 0.254 e. The van der Waals surface area contributed by atoms with Crippen molar-refractivity contribution in [3.05, 3.63) is 88.5 Å². The predicted molar refractivity (Wildman–Crippen MR) is 114 cm³/mol. The number of nitrogens with zero attached hydrogens (tertiary/aromatic N) is 1. The van der Waals surface area contributed by atoms with Crippen LogP contribution in [0.5, 0.6) is 0 Å². The lowest BCUT2D eigenvalue weighted by molar-refractivity contribution is 0.0926. The van der Waals surface area contributed by atoms with E-state index >= 15 is 0 Å². The van der Waals surface area contributed by atoms with Crippen LogP contribution in [0.15, 0.2) is 87.3 Å². The lowest BCUT2D eigenvalue weighted by Gasteiger charge is -2.10. The number of halogens is 1. The number of nitrogens with one attached hydrogen (secondary N) is 2. The molecule has 2 aromatic carbocycles. The average Bonchev–Trinajstić information content (AvgIpc) is 2.73. The molecule has 0 radical (unpaired) electrons. The molecule has 2 N–H and O–H groups in total. The van der Waals surface area contributed by atoms with E-state index < -0.39 is 0 Å². The summed E-state index contributed by atoms with van der Waals surface area (Å²) in [6, 6.07) is 20.3. The van der Waals surface area contributed by atoms with Gasteiger partial charge in [-0.05, 0) is 48.5 Å². The van der Waals surface area contributed by atoms with Crippen molar-refractivity contribution in [2.24, 2.45) is 0 Å². The first-order chi connectivity index (χ1) is 13.6. The first-order valence-electron chi connectivity index (χ1n) is 8.63. The molecule has 0 aliphatic rings. The Morgan fingerprint density at radius 1 is 0.857 bits per heavy atom. The van der Waals surface area contributed by atoms with Gasteiger partial charge in [0.1, 0.15) is 5.03 Å².